The number of nitrogens with zero attached hydrogens (tertiary/aromatic N) is 6. The minimum Gasteiger partial charge on any atom is -0.369 e. The van der Waals surface area contributed by atoms with E-state index in [0.717, 1.165) is 76.1 Å². The number of amides is 1. The van der Waals surface area contributed by atoms with Gasteiger partial charge in [0.15, 0.2) is 5.69 Å². The van der Waals surface area contributed by atoms with Crippen molar-refractivity contribution >= 4 is 11.6 Å². The summed E-state index contributed by atoms with van der Waals surface area (Å²) in [6.07, 6.45) is 9.11. The number of rotatable bonds is 6. The quantitative estimate of drug-likeness (QED) is 0.508. The molecule has 2 aromatic heterocycles. The lowest BCUT2D eigenvalue weighted by atomic mass is 9.97. The molecule has 1 saturated heterocycles. The van der Waals surface area contributed by atoms with E-state index in [-0.39, 0.29) is 5.91 Å². The summed E-state index contributed by atoms with van der Waals surface area (Å²) in [5, 5.41) is 4.93. The van der Waals surface area contributed by atoms with Crippen LogP contribution in [0.1, 0.15) is 71.5 Å². The molecule has 0 N–H and O–H groups in total. The Labute approximate surface area is 220 Å². The number of hydrogen-bond donors (Lipinski definition) is 0. The van der Waals surface area contributed by atoms with E-state index >= 15 is 0 Å². The zero-order valence-corrected chi connectivity index (χ0v) is 22.2. The number of benzene rings is 1. The van der Waals surface area contributed by atoms with E-state index in [9.17, 15) is 4.79 Å². The van der Waals surface area contributed by atoms with Gasteiger partial charge in [-0.15, -0.1) is 0 Å². The number of likely N-dealkylation sites (tertiary alicyclic amines) is 1. The third-order valence-corrected chi connectivity index (χ3v) is 8.22. The second-order valence-electron chi connectivity index (χ2n) is 11.1. The highest BCUT2D eigenvalue weighted by Crippen LogP contribution is 2.31. The molecule has 7 nitrogen and oxygen atoms in total. The summed E-state index contributed by atoms with van der Waals surface area (Å²) in [6.45, 7) is 10.7. The van der Waals surface area contributed by atoms with Crippen molar-refractivity contribution in [1.82, 2.24) is 24.6 Å². The molecule has 1 fully saturated rings. The van der Waals surface area contributed by atoms with Crippen LogP contribution in [-0.2, 0) is 32.5 Å². The molecule has 0 bridgehead atoms. The molecule has 1 aromatic carbocycles. The predicted octanol–water partition coefficient (Wildman–Crippen LogP) is 4.28. The van der Waals surface area contributed by atoms with Crippen LogP contribution in [0.3, 0.4) is 0 Å². The van der Waals surface area contributed by atoms with Crippen LogP contribution in [0.25, 0.3) is 0 Å². The van der Waals surface area contributed by atoms with Crippen LogP contribution in [0.15, 0.2) is 42.7 Å². The Morgan fingerprint density at radius 1 is 0.919 bits per heavy atom. The molecule has 0 radical (unpaired) electrons. The van der Waals surface area contributed by atoms with Crippen LogP contribution in [0.5, 0.6) is 0 Å². The summed E-state index contributed by atoms with van der Waals surface area (Å²) in [5.41, 5.74) is 8.41. The molecule has 0 unspecified atom stereocenters. The molecule has 5 heterocycles. The molecule has 3 aliphatic rings. The maximum Gasteiger partial charge on any atom is 0.274 e. The highest BCUT2D eigenvalue weighted by molar-refractivity contribution is 5.94. The highest BCUT2D eigenvalue weighted by atomic mass is 16.2. The Balaban J connectivity index is 1.25. The molecule has 0 atom stereocenters. The van der Waals surface area contributed by atoms with Crippen LogP contribution in [-0.4, -0.2) is 62.7 Å². The second-order valence-corrected chi connectivity index (χ2v) is 11.1. The van der Waals surface area contributed by atoms with Gasteiger partial charge >= 0.3 is 0 Å². The SMILES string of the molecule is CC(C)N1CCCc2cc(CN3CCc4c(c(C(=O)N5CCCC5)nn4Cc4ccncc4)C3)ccc21. The van der Waals surface area contributed by atoms with Crippen LogP contribution in [0.2, 0.25) is 0 Å². The van der Waals surface area contributed by atoms with Gasteiger partial charge in [0.2, 0.25) is 0 Å². The Kier molecular flexibility index (Phi) is 6.72. The van der Waals surface area contributed by atoms with Gasteiger partial charge in [0.25, 0.3) is 5.91 Å². The number of carbonyl (C=O) groups excluding carboxylic acids is 1. The van der Waals surface area contributed by atoms with E-state index in [4.69, 9.17) is 5.10 Å². The van der Waals surface area contributed by atoms with Crippen molar-refractivity contribution in [3.63, 3.8) is 0 Å². The molecule has 0 spiro atoms. The van der Waals surface area contributed by atoms with E-state index < -0.39 is 0 Å². The van der Waals surface area contributed by atoms with Crippen molar-refractivity contribution in [2.24, 2.45) is 0 Å². The number of carbonyl (C=O) groups is 1. The lowest BCUT2D eigenvalue weighted by Crippen LogP contribution is -2.35. The molecule has 3 aliphatic heterocycles. The first-order valence-corrected chi connectivity index (χ1v) is 13.9. The smallest absolute Gasteiger partial charge is 0.274 e. The van der Waals surface area contributed by atoms with Gasteiger partial charge in [0, 0.05) is 81.1 Å². The first kappa shape index (κ1) is 24.2. The lowest BCUT2D eigenvalue weighted by molar-refractivity contribution is 0.0783. The van der Waals surface area contributed by atoms with Crippen molar-refractivity contribution < 1.29 is 4.79 Å². The first-order valence-electron chi connectivity index (χ1n) is 13.9. The normalized spacial score (nSPS) is 17.8. The number of aryl methyl sites for hydroxylation is 1. The zero-order chi connectivity index (χ0) is 25.4. The summed E-state index contributed by atoms with van der Waals surface area (Å²) in [5.74, 6) is 0.103. The van der Waals surface area contributed by atoms with E-state index in [0.29, 0.717) is 18.3 Å². The van der Waals surface area contributed by atoms with Crippen molar-refractivity contribution in [3.05, 3.63) is 76.4 Å². The molecule has 6 rings (SSSR count). The van der Waals surface area contributed by atoms with E-state index in [1.807, 2.05) is 29.4 Å². The Hall–Kier alpha value is -3.19. The third kappa shape index (κ3) is 4.89. The molecule has 194 valence electrons. The average molecular weight is 499 g/mol. The minimum absolute atomic E-state index is 0.103. The summed E-state index contributed by atoms with van der Waals surface area (Å²) in [4.78, 5) is 24.7. The molecule has 1 amide bonds. The van der Waals surface area contributed by atoms with E-state index in [2.05, 4.69) is 51.5 Å². The fourth-order valence-electron chi connectivity index (χ4n) is 6.29. The first-order chi connectivity index (χ1) is 18.1. The molecular weight excluding hydrogens is 460 g/mol. The zero-order valence-electron chi connectivity index (χ0n) is 22.2. The summed E-state index contributed by atoms with van der Waals surface area (Å²) >= 11 is 0. The topological polar surface area (TPSA) is 57.5 Å². The maximum absolute atomic E-state index is 13.5. The van der Waals surface area contributed by atoms with Crippen molar-refractivity contribution in [3.8, 4) is 0 Å². The average Bonchev–Trinajstić information content (AvgIpc) is 3.57. The van der Waals surface area contributed by atoms with Crippen LogP contribution >= 0.6 is 0 Å². The summed E-state index contributed by atoms with van der Waals surface area (Å²) in [7, 11) is 0. The predicted molar refractivity (Wildman–Crippen MR) is 146 cm³/mol. The Morgan fingerprint density at radius 2 is 1.73 bits per heavy atom. The van der Waals surface area contributed by atoms with Gasteiger partial charge in [0.1, 0.15) is 0 Å². The molecular formula is C30H38N6O. The third-order valence-electron chi connectivity index (χ3n) is 8.22. The van der Waals surface area contributed by atoms with Gasteiger partial charge < -0.3 is 9.80 Å². The number of fused-ring (bicyclic) bond motifs is 2. The van der Waals surface area contributed by atoms with Crippen molar-refractivity contribution in [1.29, 1.82) is 0 Å². The minimum atomic E-state index is 0.103. The molecule has 7 heteroatoms. The lowest BCUT2D eigenvalue weighted by Gasteiger charge is -2.35. The van der Waals surface area contributed by atoms with Gasteiger partial charge in [0.05, 0.1) is 6.54 Å². The summed E-state index contributed by atoms with van der Waals surface area (Å²) in [6, 6.07) is 11.6. The molecule has 3 aromatic rings. The molecule has 0 saturated carbocycles. The Bertz CT molecular complexity index is 1260. The van der Waals surface area contributed by atoms with Crippen molar-refractivity contribution in [2.45, 2.75) is 71.6 Å². The largest absolute Gasteiger partial charge is 0.369 e. The fourth-order valence-corrected chi connectivity index (χ4v) is 6.29. The highest BCUT2D eigenvalue weighted by Gasteiger charge is 2.31. The van der Waals surface area contributed by atoms with Crippen molar-refractivity contribution in [2.75, 3.05) is 31.1 Å². The second kappa shape index (κ2) is 10.3. The maximum atomic E-state index is 13.5. The fraction of sp³-hybridized carbons (Fsp3) is 0.500. The summed E-state index contributed by atoms with van der Waals surface area (Å²) < 4.78 is 2.07. The van der Waals surface area contributed by atoms with Crippen LogP contribution < -0.4 is 4.90 Å². The molecule has 37 heavy (non-hydrogen) atoms. The monoisotopic (exact) mass is 498 g/mol. The van der Waals surface area contributed by atoms with Gasteiger partial charge in [-0.3, -0.25) is 19.4 Å². The van der Waals surface area contributed by atoms with E-state index in [1.165, 1.54) is 28.9 Å². The standard InChI is InChI=1S/C30H38N6O/c1-22(2)35-16-5-6-25-18-24(7-8-27(25)35)19-33-17-11-28-26(21-33)29(30(37)34-14-3-4-15-34)32-36(28)20-23-9-12-31-13-10-23/h7-10,12-13,18,22H,3-6,11,14-17,19-21H2,1-2H3. The molecule has 0 aliphatic carbocycles. The van der Waals surface area contributed by atoms with Crippen LogP contribution in [0.4, 0.5) is 5.69 Å². The van der Waals surface area contributed by atoms with Crippen LogP contribution in [0, 0.1) is 0 Å². The number of hydrogen-bond acceptors (Lipinski definition) is 5. The number of aromatic nitrogens is 3. The van der Waals surface area contributed by atoms with Gasteiger partial charge in [-0.2, -0.15) is 5.10 Å². The van der Waals surface area contributed by atoms with Gasteiger partial charge in [-0.25, -0.2) is 0 Å². The Morgan fingerprint density at radius 3 is 2.51 bits per heavy atom. The van der Waals surface area contributed by atoms with Gasteiger partial charge in [-0.1, -0.05) is 12.1 Å². The number of anilines is 1. The van der Waals surface area contributed by atoms with Gasteiger partial charge in [-0.05, 0) is 74.4 Å². The number of pyridine rings is 1. The van der Waals surface area contributed by atoms with E-state index in [1.54, 1.807) is 0 Å².